The number of anilines is 1. The smallest absolute Gasteiger partial charge is 0.257 e. The Kier molecular flexibility index (Phi) is 3.29. The highest BCUT2D eigenvalue weighted by molar-refractivity contribution is 6.04. The molecule has 20 heavy (non-hydrogen) atoms. The molecule has 0 aliphatic heterocycles. The van der Waals surface area contributed by atoms with Crippen LogP contribution in [0.25, 0.3) is 5.69 Å². The number of aromatic nitrogens is 2. The van der Waals surface area contributed by atoms with Gasteiger partial charge in [-0.15, -0.1) is 0 Å². The van der Waals surface area contributed by atoms with Crippen molar-refractivity contribution in [3.8, 4) is 5.69 Å². The molecule has 2 heterocycles. The van der Waals surface area contributed by atoms with Gasteiger partial charge in [-0.05, 0) is 48.5 Å². The van der Waals surface area contributed by atoms with E-state index in [0.29, 0.717) is 5.56 Å². The van der Waals surface area contributed by atoms with Crippen molar-refractivity contribution in [3.05, 3.63) is 78.9 Å². The van der Waals surface area contributed by atoms with Crippen molar-refractivity contribution in [3.63, 3.8) is 0 Å². The van der Waals surface area contributed by atoms with Gasteiger partial charge in [0.1, 0.15) is 0 Å². The largest absolute Gasteiger partial charge is 0.324 e. The number of carbonyl (C=O) groups excluding carboxylic acids is 1. The van der Waals surface area contributed by atoms with Crippen molar-refractivity contribution in [2.75, 3.05) is 5.32 Å². The van der Waals surface area contributed by atoms with E-state index in [1.165, 1.54) is 0 Å². The highest BCUT2D eigenvalue weighted by Crippen LogP contribution is 2.14. The van der Waals surface area contributed by atoms with E-state index < -0.39 is 0 Å². The quantitative estimate of drug-likeness (QED) is 0.789. The number of rotatable bonds is 3. The van der Waals surface area contributed by atoms with Crippen LogP contribution < -0.4 is 5.32 Å². The van der Waals surface area contributed by atoms with Gasteiger partial charge in [0, 0.05) is 36.2 Å². The van der Waals surface area contributed by atoms with E-state index in [0.717, 1.165) is 11.4 Å². The predicted molar refractivity (Wildman–Crippen MR) is 78.0 cm³/mol. The Hall–Kier alpha value is -2.88. The van der Waals surface area contributed by atoms with Crippen molar-refractivity contribution in [1.29, 1.82) is 0 Å². The van der Waals surface area contributed by atoms with E-state index in [9.17, 15) is 4.79 Å². The van der Waals surface area contributed by atoms with Gasteiger partial charge >= 0.3 is 0 Å². The Morgan fingerprint density at radius 3 is 2.40 bits per heavy atom. The number of pyridine rings is 1. The van der Waals surface area contributed by atoms with Crippen LogP contribution in [0.5, 0.6) is 0 Å². The molecule has 0 fully saturated rings. The highest BCUT2D eigenvalue weighted by atomic mass is 16.1. The first kappa shape index (κ1) is 12.2. The average Bonchev–Trinajstić information content (AvgIpc) is 3.03. The normalized spacial score (nSPS) is 10.2. The summed E-state index contributed by atoms with van der Waals surface area (Å²) in [7, 11) is 0. The minimum Gasteiger partial charge on any atom is -0.324 e. The lowest BCUT2D eigenvalue weighted by Crippen LogP contribution is -2.11. The Labute approximate surface area is 116 Å². The number of amides is 1. The molecule has 4 nitrogen and oxygen atoms in total. The molecule has 1 N–H and O–H groups in total. The number of nitrogens with one attached hydrogen (secondary N) is 1. The van der Waals surface area contributed by atoms with Crippen LogP contribution in [0.15, 0.2) is 73.3 Å². The number of hydrogen-bond acceptors (Lipinski definition) is 2. The van der Waals surface area contributed by atoms with Crippen molar-refractivity contribution < 1.29 is 4.79 Å². The maximum absolute atomic E-state index is 12.0. The summed E-state index contributed by atoms with van der Waals surface area (Å²) >= 11 is 0. The topological polar surface area (TPSA) is 46.9 Å². The number of benzene rings is 1. The fourth-order valence-corrected chi connectivity index (χ4v) is 1.92. The van der Waals surface area contributed by atoms with Crippen LogP contribution in [0.3, 0.4) is 0 Å². The SMILES string of the molecule is O=C(Nc1ccc(-n2cccc2)cc1)c1cccnc1. The van der Waals surface area contributed by atoms with E-state index in [1.807, 2.05) is 53.4 Å². The Bertz CT molecular complexity index is 688. The molecule has 0 aliphatic carbocycles. The van der Waals surface area contributed by atoms with Crippen LogP contribution in [0.1, 0.15) is 10.4 Å². The maximum atomic E-state index is 12.0. The zero-order chi connectivity index (χ0) is 13.8. The third-order valence-electron chi connectivity index (χ3n) is 2.95. The van der Waals surface area contributed by atoms with Gasteiger partial charge in [0.25, 0.3) is 5.91 Å². The summed E-state index contributed by atoms with van der Waals surface area (Å²) in [6.07, 6.45) is 7.14. The zero-order valence-electron chi connectivity index (χ0n) is 10.7. The lowest BCUT2D eigenvalue weighted by atomic mass is 10.2. The molecule has 1 amide bonds. The molecule has 98 valence electrons. The summed E-state index contributed by atoms with van der Waals surface area (Å²) in [5, 5.41) is 2.84. The first-order valence-electron chi connectivity index (χ1n) is 6.28. The fourth-order valence-electron chi connectivity index (χ4n) is 1.92. The van der Waals surface area contributed by atoms with Crippen molar-refractivity contribution in [1.82, 2.24) is 9.55 Å². The van der Waals surface area contributed by atoms with E-state index in [-0.39, 0.29) is 5.91 Å². The predicted octanol–water partition coefficient (Wildman–Crippen LogP) is 3.12. The van der Waals surface area contributed by atoms with Crippen LogP contribution in [0.2, 0.25) is 0 Å². The second-order valence-electron chi connectivity index (χ2n) is 4.33. The lowest BCUT2D eigenvalue weighted by molar-refractivity contribution is 0.102. The second kappa shape index (κ2) is 5.40. The van der Waals surface area contributed by atoms with Gasteiger partial charge in [-0.25, -0.2) is 0 Å². The highest BCUT2D eigenvalue weighted by Gasteiger charge is 2.05. The molecule has 1 aromatic carbocycles. The molecule has 0 aliphatic rings. The number of hydrogen-bond donors (Lipinski definition) is 1. The molecule has 3 rings (SSSR count). The molecule has 4 heteroatoms. The summed E-state index contributed by atoms with van der Waals surface area (Å²) in [4.78, 5) is 15.9. The lowest BCUT2D eigenvalue weighted by Gasteiger charge is -2.07. The van der Waals surface area contributed by atoms with Gasteiger partial charge in [0.2, 0.25) is 0 Å². The molecular formula is C16H13N3O. The summed E-state index contributed by atoms with van der Waals surface area (Å²) in [6, 6.07) is 15.1. The van der Waals surface area contributed by atoms with Crippen LogP contribution in [-0.4, -0.2) is 15.5 Å². The van der Waals surface area contributed by atoms with Gasteiger partial charge in [-0.3, -0.25) is 9.78 Å². The van der Waals surface area contributed by atoms with Gasteiger partial charge in [-0.1, -0.05) is 0 Å². The van der Waals surface area contributed by atoms with Crippen LogP contribution in [0.4, 0.5) is 5.69 Å². The van der Waals surface area contributed by atoms with Crippen molar-refractivity contribution >= 4 is 11.6 Å². The summed E-state index contributed by atoms with van der Waals surface area (Å²) < 4.78 is 2.01. The van der Waals surface area contributed by atoms with E-state index in [1.54, 1.807) is 24.5 Å². The molecule has 3 aromatic rings. The van der Waals surface area contributed by atoms with E-state index in [4.69, 9.17) is 0 Å². The third kappa shape index (κ3) is 2.59. The van der Waals surface area contributed by atoms with Crippen molar-refractivity contribution in [2.45, 2.75) is 0 Å². The molecule has 0 unspecified atom stereocenters. The van der Waals surface area contributed by atoms with Crippen molar-refractivity contribution in [2.24, 2.45) is 0 Å². The average molecular weight is 263 g/mol. The molecule has 0 bridgehead atoms. The fraction of sp³-hybridized carbons (Fsp3) is 0. The minimum atomic E-state index is -0.160. The molecular weight excluding hydrogens is 250 g/mol. The third-order valence-corrected chi connectivity index (χ3v) is 2.95. The summed E-state index contributed by atoms with van der Waals surface area (Å²) in [5.41, 5.74) is 2.35. The second-order valence-corrected chi connectivity index (χ2v) is 4.33. The van der Waals surface area contributed by atoms with Crippen LogP contribution >= 0.6 is 0 Å². The Morgan fingerprint density at radius 1 is 1.00 bits per heavy atom. The van der Waals surface area contributed by atoms with Gasteiger partial charge < -0.3 is 9.88 Å². The van der Waals surface area contributed by atoms with E-state index in [2.05, 4.69) is 10.3 Å². The molecule has 0 radical (unpaired) electrons. The van der Waals surface area contributed by atoms with Crippen LogP contribution in [-0.2, 0) is 0 Å². The zero-order valence-corrected chi connectivity index (χ0v) is 10.7. The first-order chi connectivity index (χ1) is 9.83. The Morgan fingerprint density at radius 2 is 1.75 bits per heavy atom. The monoisotopic (exact) mass is 263 g/mol. The van der Waals surface area contributed by atoms with E-state index >= 15 is 0 Å². The standard InChI is InChI=1S/C16H13N3O/c20-16(13-4-3-9-17-12-13)18-14-5-7-15(8-6-14)19-10-1-2-11-19/h1-12H,(H,18,20). The van der Waals surface area contributed by atoms with Gasteiger partial charge in [0.05, 0.1) is 5.56 Å². The van der Waals surface area contributed by atoms with Crippen LogP contribution in [0, 0.1) is 0 Å². The first-order valence-corrected chi connectivity index (χ1v) is 6.28. The molecule has 0 spiro atoms. The molecule has 0 saturated carbocycles. The Balaban J connectivity index is 1.74. The van der Waals surface area contributed by atoms with Gasteiger partial charge in [0.15, 0.2) is 0 Å². The summed E-state index contributed by atoms with van der Waals surface area (Å²) in [5.74, 6) is -0.160. The molecule has 0 atom stereocenters. The summed E-state index contributed by atoms with van der Waals surface area (Å²) in [6.45, 7) is 0. The molecule has 0 saturated heterocycles. The molecule has 2 aromatic heterocycles. The minimum absolute atomic E-state index is 0.160. The maximum Gasteiger partial charge on any atom is 0.257 e. The van der Waals surface area contributed by atoms with Gasteiger partial charge in [-0.2, -0.15) is 0 Å². The number of carbonyl (C=O) groups is 1. The number of nitrogens with zero attached hydrogens (tertiary/aromatic N) is 2.